The van der Waals surface area contributed by atoms with E-state index >= 15 is 0 Å². The van der Waals surface area contributed by atoms with Crippen LogP contribution in [0.25, 0.3) is 10.3 Å². The molecule has 0 aromatic carbocycles. The molecule has 1 aliphatic rings. The number of thiazole rings is 1. The van der Waals surface area contributed by atoms with Crippen LogP contribution in [0, 0.1) is 0 Å². The van der Waals surface area contributed by atoms with Gasteiger partial charge in [0.25, 0.3) is 0 Å². The van der Waals surface area contributed by atoms with Crippen LogP contribution in [0.5, 0.6) is 0 Å². The summed E-state index contributed by atoms with van der Waals surface area (Å²) in [5, 5.41) is 3.89. The van der Waals surface area contributed by atoms with Gasteiger partial charge in [-0.25, -0.2) is 9.97 Å². The van der Waals surface area contributed by atoms with Gasteiger partial charge in [0.1, 0.15) is 10.3 Å². The number of hydrogen-bond donors (Lipinski definition) is 1. The highest BCUT2D eigenvalue weighted by Gasteiger charge is 2.23. The van der Waals surface area contributed by atoms with Gasteiger partial charge in [-0.2, -0.15) is 0 Å². The first-order valence-corrected chi connectivity index (χ1v) is 11.7. The van der Waals surface area contributed by atoms with Crippen LogP contribution in [-0.2, 0) is 9.59 Å². The van der Waals surface area contributed by atoms with Crippen molar-refractivity contribution >= 4 is 38.6 Å². The molecule has 1 saturated heterocycles. The van der Waals surface area contributed by atoms with Crippen molar-refractivity contribution in [2.45, 2.75) is 33.1 Å². The maximum absolute atomic E-state index is 12.5. The summed E-state index contributed by atoms with van der Waals surface area (Å²) in [6.07, 6.45) is 3.24. The Morgan fingerprint density at radius 1 is 1.17 bits per heavy atom. The van der Waals surface area contributed by atoms with E-state index < -0.39 is 0 Å². The Hall–Kier alpha value is -2.26. The lowest BCUT2D eigenvalue weighted by atomic mass is 10.2. The van der Waals surface area contributed by atoms with Crippen molar-refractivity contribution in [2.24, 2.45) is 0 Å². The van der Waals surface area contributed by atoms with Crippen LogP contribution in [0.1, 0.15) is 33.1 Å². The van der Waals surface area contributed by atoms with E-state index in [4.69, 9.17) is 0 Å². The maximum atomic E-state index is 12.5. The molecule has 9 heteroatoms. The van der Waals surface area contributed by atoms with E-state index in [1.165, 1.54) is 0 Å². The Labute approximate surface area is 182 Å². The van der Waals surface area contributed by atoms with Crippen LogP contribution in [0.2, 0.25) is 0 Å². The van der Waals surface area contributed by atoms with E-state index in [1.54, 1.807) is 17.5 Å². The lowest BCUT2D eigenvalue weighted by molar-refractivity contribution is -0.133. The number of piperazine rings is 1. The van der Waals surface area contributed by atoms with Gasteiger partial charge in [-0.15, -0.1) is 0 Å². The molecule has 164 valence electrons. The van der Waals surface area contributed by atoms with Gasteiger partial charge in [0.2, 0.25) is 11.8 Å². The number of anilines is 1. The minimum absolute atomic E-state index is 0.0384. The minimum Gasteiger partial charge on any atom is -0.356 e. The predicted molar refractivity (Wildman–Crippen MR) is 121 cm³/mol. The molecule has 0 aliphatic carbocycles. The van der Waals surface area contributed by atoms with Gasteiger partial charge in [0, 0.05) is 51.8 Å². The molecule has 1 N–H and O–H groups in total. The molecule has 0 unspecified atom stereocenters. The topological polar surface area (TPSA) is 81.7 Å². The Bertz CT molecular complexity index is 797. The second-order valence-electron chi connectivity index (χ2n) is 7.42. The molecule has 3 rings (SSSR count). The van der Waals surface area contributed by atoms with E-state index in [1.807, 2.05) is 17.0 Å². The normalized spacial score (nSPS) is 14.5. The molecule has 2 aromatic heterocycles. The first-order chi connectivity index (χ1) is 14.6. The van der Waals surface area contributed by atoms with Crippen molar-refractivity contribution in [3.63, 3.8) is 0 Å². The van der Waals surface area contributed by atoms with E-state index in [9.17, 15) is 9.59 Å². The molecular formula is C21H32N6O2S. The number of aromatic nitrogens is 2. The Morgan fingerprint density at radius 3 is 2.63 bits per heavy atom. The predicted octanol–water partition coefficient (Wildman–Crippen LogP) is 1.97. The average Bonchev–Trinajstić information content (AvgIpc) is 3.22. The van der Waals surface area contributed by atoms with Crippen molar-refractivity contribution in [2.75, 3.05) is 57.3 Å². The fourth-order valence-corrected chi connectivity index (χ4v) is 4.54. The number of carbonyl (C=O) groups is 2. The van der Waals surface area contributed by atoms with Crippen molar-refractivity contribution in [3.8, 4) is 0 Å². The van der Waals surface area contributed by atoms with Gasteiger partial charge in [-0.05, 0) is 38.2 Å². The Kier molecular flexibility index (Phi) is 8.39. The smallest absolute Gasteiger partial charge is 0.223 e. The third kappa shape index (κ3) is 6.12. The number of nitrogens with one attached hydrogen (secondary N) is 1. The minimum atomic E-state index is -0.0384. The third-order valence-corrected chi connectivity index (χ3v) is 6.53. The SMILES string of the molecule is CCN(CC)CCCNC(=O)CCC(=O)N1CCN(c2nc3cccnc3s2)CC1. The number of hydrogen-bond acceptors (Lipinski definition) is 7. The largest absolute Gasteiger partial charge is 0.356 e. The van der Waals surface area contributed by atoms with Gasteiger partial charge < -0.3 is 20.0 Å². The summed E-state index contributed by atoms with van der Waals surface area (Å²) in [6, 6.07) is 3.86. The molecular weight excluding hydrogens is 400 g/mol. The van der Waals surface area contributed by atoms with E-state index in [2.05, 4.69) is 38.9 Å². The van der Waals surface area contributed by atoms with Crippen LogP contribution < -0.4 is 10.2 Å². The monoisotopic (exact) mass is 432 g/mol. The van der Waals surface area contributed by atoms with Crippen molar-refractivity contribution in [3.05, 3.63) is 18.3 Å². The van der Waals surface area contributed by atoms with Gasteiger partial charge in [-0.1, -0.05) is 25.2 Å². The van der Waals surface area contributed by atoms with Gasteiger partial charge in [0.05, 0.1) is 0 Å². The maximum Gasteiger partial charge on any atom is 0.223 e. The van der Waals surface area contributed by atoms with Crippen LogP contribution in [0.4, 0.5) is 5.13 Å². The lowest BCUT2D eigenvalue weighted by Gasteiger charge is -2.34. The van der Waals surface area contributed by atoms with Crippen LogP contribution in [0.3, 0.4) is 0 Å². The van der Waals surface area contributed by atoms with E-state index in [0.717, 1.165) is 54.6 Å². The molecule has 0 bridgehead atoms. The first-order valence-electron chi connectivity index (χ1n) is 10.8. The number of rotatable bonds is 10. The second kappa shape index (κ2) is 11.2. The van der Waals surface area contributed by atoms with Gasteiger partial charge in [-0.3, -0.25) is 9.59 Å². The van der Waals surface area contributed by atoms with Crippen LogP contribution in [-0.4, -0.2) is 83.9 Å². The van der Waals surface area contributed by atoms with Gasteiger partial charge >= 0.3 is 0 Å². The molecule has 0 saturated carbocycles. The number of nitrogens with zero attached hydrogens (tertiary/aromatic N) is 5. The molecule has 0 spiro atoms. The molecule has 1 fully saturated rings. The van der Waals surface area contributed by atoms with Gasteiger partial charge in [0.15, 0.2) is 5.13 Å². The number of carbonyl (C=O) groups excluding carboxylic acids is 2. The average molecular weight is 433 g/mol. The van der Waals surface area contributed by atoms with Crippen LogP contribution in [0.15, 0.2) is 18.3 Å². The summed E-state index contributed by atoms with van der Waals surface area (Å²) in [7, 11) is 0. The lowest BCUT2D eigenvalue weighted by Crippen LogP contribution is -2.49. The van der Waals surface area contributed by atoms with Crippen LogP contribution >= 0.6 is 11.3 Å². The highest BCUT2D eigenvalue weighted by atomic mass is 32.1. The fourth-order valence-electron chi connectivity index (χ4n) is 3.58. The zero-order valence-corrected chi connectivity index (χ0v) is 18.8. The molecule has 30 heavy (non-hydrogen) atoms. The third-order valence-electron chi connectivity index (χ3n) is 5.49. The molecule has 8 nitrogen and oxygen atoms in total. The molecule has 3 heterocycles. The zero-order chi connectivity index (χ0) is 21.3. The highest BCUT2D eigenvalue weighted by Crippen LogP contribution is 2.27. The van der Waals surface area contributed by atoms with E-state index in [0.29, 0.717) is 19.6 Å². The van der Waals surface area contributed by atoms with Crippen molar-refractivity contribution in [1.82, 2.24) is 25.1 Å². The molecule has 2 amide bonds. The van der Waals surface area contributed by atoms with Crippen molar-refractivity contribution in [1.29, 1.82) is 0 Å². The highest BCUT2D eigenvalue weighted by molar-refractivity contribution is 7.21. The number of amides is 2. The summed E-state index contributed by atoms with van der Waals surface area (Å²) in [5.74, 6) is 0.0161. The summed E-state index contributed by atoms with van der Waals surface area (Å²) in [6.45, 7) is 10.8. The Morgan fingerprint density at radius 2 is 1.93 bits per heavy atom. The Balaban J connectivity index is 1.34. The fraction of sp³-hybridized carbons (Fsp3) is 0.619. The molecule has 2 aromatic rings. The molecule has 0 atom stereocenters. The first kappa shape index (κ1) is 22.4. The standard InChI is InChI=1S/C21H32N6O2S/c1-3-25(4-2)12-6-11-22-18(28)8-9-19(29)26-13-15-27(16-14-26)21-24-17-7-5-10-23-20(17)30-21/h5,7,10H,3-4,6,8-9,11-16H2,1-2H3,(H,22,28). The number of pyridine rings is 1. The summed E-state index contributed by atoms with van der Waals surface area (Å²) in [4.78, 5) is 40.8. The van der Waals surface area contributed by atoms with Crippen molar-refractivity contribution < 1.29 is 9.59 Å². The summed E-state index contributed by atoms with van der Waals surface area (Å²) >= 11 is 1.59. The number of fused-ring (bicyclic) bond motifs is 1. The molecule has 1 aliphatic heterocycles. The summed E-state index contributed by atoms with van der Waals surface area (Å²) < 4.78 is 0. The van der Waals surface area contributed by atoms with E-state index in [-0.39, 0.29) is 24.7 Å². The molecule has 0 radical (unpaired) electrons. The zero-order valence-electron chi connectivity index (χ0n) is 18.0. The second-order valence-corrected chi connectivity index (χ2v) is 8.38. The summed E-state index contributed by atoms with van der Waals surface area (Å²) in [5.41, 5.74) is 0.916. The quantitative estimate of drug-likeness (QED) is 0.578.